The molecule has 1 heterocycles. The van der Waals surface area contributed by atoms with Crippen molar-refractivity contribution in [2.75, 3.05) is 40.9 Å². The van der Waals surface area contributed by atoms with Gasteiger partial charge in [0.1, 0.15) is 0 Å². The highest BCUT2D eigenvalue weighted by atomic mass is 16.5. The second-order valence-corrected chi connectivity index (χ2v) is 5.56. The fourth-order valence-electron chi connectivity index (χ4n) is 2.73. The molecule has 1 fully saturated rings. The van der Waals surface area contributed by atoms with Gasteiger partial charge in [-0.3, -0.25) is 9.59 Å². The standard InChI is InChI=1S/C16H23N3O4/c1-17-16(21)11-8-19(2)9-12(11)18-15(20)10-23-14-7-5-4-6-13(14)22-3/h4-7,11-12H,8-10H2,1-3H3,(H,17,21)(H,18,20)/t11-,12-/m0/s1. The van der Waals surface area contributed by atoms with Crippen molar-refractivity contribution < 1.29 is 19.1 Å². The SMILES string of the molecule is CNC(=O)[C@H]1CN(C)C[C@@H]1NC(=O)COc1ccccc1OC. The Labute approximate surface area is 135 Å². The van der Waals surface area contributed by atoms with Crippen molar-refractivity contribution in [3.8, 4) is 11.5 Å². The molecule has 23 heavy (non-hydrogen) atoms. The molecule has 7 nitrogen and oxygen atoms in total. The number of methoxy groups -OCH3 is 1. The molecule has 2 amide bonds. The van der Waals surface area contributed by atoms with Crippen molar-refractivity contribution in [3.05, 3.63) is 24.3 Å². The maximum Gasteiger partial charge on any atom is 0.258 e. The van der Waals surface area contributed by atoms with E-state index in [0.29, 0.717) is 24.6 Å². The number of carbonyl (C=O) groups is 2. The van der Waals surface area contributed by atoms with Gasteiger partial charge in [-0.05, 0) is 19.2 Å². The average Bonchev–Trinajstić information content (AvgIpc) is 2.92. The van der Waals surface area contributed by atoms with Crippen LogP contribution in [-0.4, -0.2) is 63.7 Å². The predicted octanol–water partition coefficient (Wildman–Crippen LogP) is -0.134. The molecule has 7 heteroatoms. The van der Waals surface area contributed by atoms with Gasteiger partial charge in [-0.25, -0.2) is 0 Å². The van der Waals surface area contributed by atoms with E-state index in [9.17, 15) is 9.59 Å². The van der Waals surface area contributed by atoms with Gasteiger partial charge in [-0.2, -0.15) is 0 Å². The number of hydrogen-bond acceptors (Lipinski definition) is 5. The maximum absolute atomic E-state index is 12.1. The minimum Gasteiger partial charge on any atom is -0.493 e. The van der Waals surface area contributed by atoms with E-state index in [-0.39, 0.29) is 30.4 Å². The number of likely N-dealkylation sites (tertiary alicyclic amines) is 1. The molecule has 0 saturated carbocycles. The number of carbonyl (C=O) groups excluding carboxylic acids is 2. The Balaban J connectivity index is 1.90. The molecule has 0 unspecified atom stereocenters. The first-order valence-electron chi connectivity index (χ1n) is 7.50. The van der Waals surface area contributed by atoms with Crippen LogP contribution in [0.15, 0.2) is 24.3 Å². The second-order valence-electron chi connectivity index (χ2n) is 5.56. The number of ether oxygens (including phenoxy) is 2. The second kappa shape index (κ2) is 7.82. The first-order chi connectivity index (χ1) is 11.0. The normalized spacial score (nSPS) is 20.8. The smallest absolute Gasteiger partial charge is 0.258 e. The van der Waals surface area contributed by atoms with Gasteiger partial charge in [0.15, 0.2) is 18.1 Å². The zero-order chi connectivity index (χ0) is 16.8. The average molecular weight is 321 g/mol. The summed E-state index contributed by atoms with van der Waals surface area (Å²) in [5, 5.41) is 5.51. The number of amides is 2. The van der Waals surface area contributed by atoms with Crippen LogP contribution >= 0.6 is 0 Å². The monoisotopic (exact) mass is 321 g/mol. The molecule has 2 N–H and O–H groups in total. The van der Waals surface area contributed by atoms with Crippen LogP contribution < -0.4 is 20.1 Å². The van der Waals surface area contributed by atoms with Crippen molar-refractivity contribution in [1.82, 2.24) is 15.5 Å². The number of para-hydroxylation sites is 2. The Morgan fingerprint density at radius 3 is 2.61 bits per heavy atom. The fraction of sp³-hybridized carbons (Fsp3) is 0.500. The third-order valence-electron chi connectivity index (χ3n) is 3.86. The van der Waals surface area contributed by atoms with Gasteiger partial charge < -0.3 is 25.0 Å². The zero-order valence-electron chi connectivity index (χ0n) is 13.7. The molecule has 1 aliphatic rings. The van der Waals surface area contributed by atoms with Gasteiger partial charge in [0.2, 0.25) is 5.91 Å². The Bertz CT molecular complexity index is 564. The Kier molecular flexibility index (Phi) is 5.81. The summed E-state index contributed by atoms with van der Waals surface area (Å²) in [7, 11) is 5.07. The number of nitrogens with zero attached hydrogens (tertiary/aromatic N) is 1. The molecule has 0 radical (unpaired) electrons. The Morgan fingerprint density at radius 2 is 1.96 bits per heavy atom. The van der Waals surface area contributed by atoms with E-state index < -0.39 is 0 Å². The van der Waals surface area contributed by atoms with Crippen molar-refractivity contribution in [3.63, 3.8) is 0 Å². The van der Waals surface area contributed by atoms with Gasteiger partial charge in [-0.15, -0.1) is 0 Å². The fourth-order valence-corrected chi connectivity index (χ4v) is 2.73. The van der Waals surface area contributed by atoms with E-state index in [4.69, 9.17) is 9.47 Å². The quantitative estimate of drug-likeness (QED) is 0.763. The Morgan fingerprint density at radius 1 is 1.26 bits per heavy atom. The van der Waals surface area contributed by atoms with Gasteiger partial charge in [0, 0.05) is 20.1 Å². The highest BCUT2D eigenvalue weighted by molar-refractivity contribution is 5.82. The summed E-state index contributed by atoms with van der Waals surface area (Å²) in [5.41, 5.74) is 0. The van der Waals surface area contributed by atoms with Gasteiger partial charge in [0.25, 0.3) is 5.91 Å². The van der Waals surface area contributed by atoms with Crippen LogP contribution in [0.2, 0.25) is 0 Å². The van der Waals surface area contributed by atoms with Crippen LogP contribution in [0, 0.1) is 5.92 Å². The molecule has 2 rings (SSSR count). The lowest BCUT2D eigenvalue weighted by Crippen LogP contribution is -2.46. The summed E-state index contributed by atoms with van der Waals surface area (Å²) in [5.74, 6) is 0.510. The predicted molar refractivity (Wildman–Crippen MR) is 85.5 cm³/mol. The molecule has 0 spiro atoms. The number of benzene rings is 1. The molecule has 2 atom stereocenters. The summed E-state index contributed by atoms with van der Waals surface area (Å²) in [6.45, 7) is 1.14. The molecular weight excluding hydrogens is 298 g/mol. The number of nitrogens with one attached hydrogen (secondary N) is 2. The molecule has 1 aromatic carbocycles. The van der Waals surface area contributed by atoms with E-state index in [2.05, 4.69) is 10.6 Å². The summed E-state index contributed by atoms with van der Waals surface area (Å²) < 4.78 is 10.7. The van der Waals surface area contributed by atoms with Gasteiger partial charge in [-0.1, -0.05) is 12.1 Å². The van der Waals surface area contributed by atoms with Crippen molar-refractivity contribution in [2.24, 2.45) is 5.92 Å². The molecule has 126 valence electrons. The first kappa shape index (κ1) is 17.1. The molecule has 1 aliphatic heterocycles. The van der Waals surface area contributed by atoms with E-state index in [1.165, 1.54) is 0 Å². The molecule has 1 aromatic rings. The number of likely N-dealkylation sites (N-methyl/N-ethyl adjacent to an activating group) is 1. The third kappa shape index (κ3) is 4.35. The number of hydrogen-bond donors (Lipinski definition) is 2. The lowest BCUT2D eigenvalue weighted by molar-refractivity contribution is -0.126. The summed E-state index contributed by atoms with van der Waals surface area (Å²) in [6.07, 6.45) is 0. The van der Waals surface area contributed by atoms with Crippen LogP contribution in [-0.2, 0) is 9.59 Å². The summed E-state index contributed by atoms with van der Waals surface area (Å²) in [6, 6.07) is 6.93. The molecule has 0 aromatic heterocycles. The van der Waals surface area contributed by atoms with Crippen molar-refractivity contribution in [2.45, 2.75) is 6.04 Å². The van der Waals surface area contributed by atoms with Crippen molar-refractivity contribution >= 4 is 11.8 Å². The minimum atomic E-state index is -0.259. The van der Waals surface area contributed by atoms with Crippen LogP contribution in [0.3, 0.4) is 0 Å². The lowest BCUT2D eigenvalue weighted by Gasteiger charge is -2.19. The molecule has 0 aliphatic carbocycles. The lowest BCUT2D eigenvalue weighted by atomic mass is 10.0. The highest BCUT2D eigenvalue weighted by Gasteiger charge is 2.36. The highest BCUT2D eigenvalue weighted by Crippen LogP contribution is 2.25. The van der Waals surface area contributed by atoms with Crippen LogP contribution in [0.4, 0.5) is 0 Å². The molecule has 1 saturated heterocycles. The minimum absolute atomic E-state index is 0.0645. The van der Waals surface area contributed by atoms with E-state index in [1.807, 2.05) is 24.1 Å². The van der Waals surface area contributed by atoms with Crippen LogP contribution in [0.25, 0.3) is 0 Å². The molecule has 0 bridgehead atoms. The van der Waals surface area contributed by atoms with E-state index in [1.54, 1.807) is 26.3 Å². The summed E-state index contributed by atoms with van der Waals surface area (Å²) >= 11 is 0. The third-order valence-corrected chi connectivity index (χ3v) is 3.86. The maximum atomic E-state index is 12.1. The summed E-state index contributed by atoms with van der Waals surface area (Å²) in [4.78, 5) is 26.0. The van der Waals surface area contributed by atoms with E-state index in [0.717, 1.165) is 0 Å². The Hall–Kier alpha value is -2.28. The van der Waals surface area contributed by atoms with Crippen LogP contribution in [0.5, 0.6) is 11.5 Å². The van der Waals surface area contributed by atoms with Crippen LogP contribution in [0.1, 0.15) is 0 Å². The zero-order valence-corrected chi connectivity index (χ0v) is 13.7. The largest absolute Gasteiger partial charge is 0.493 e. The molecular formula is C16H23N3O4. The van der Waals surface area contributed by atoms with Crippen molar-refractivity contribution in [1.29, 1.82) is 0 Å². The van der Waals surface area contributed by atoms with E-state index >= 15 is 0 Å². The topological polar surface area (TPSA) is 79.9 Å². The van der Waals surface area contributed by atoms with Gasteiger partial charge >= 0.3 is 0 Å². The number of rotatable bonds is 6. The van der Waals surface area contributed by atoms with Gasteiger partial charge in [0.05, 0.1) is 19.1 Å². The first-order valence-corrected chi connectivity index (χ1v) is 7.50.